The van der Waals surface area contributed by atoms with Crippen molar-refractivity contribution in [3.8, 4) is 6.07 Å². The molecule has 0 bridgehead atoms. The van der Waals surface area contributed by atoms with Crippen molar-refractivity contribution in [2.24, 2.45) is 11.8 Å². The number of amides is 2. The second-order valence-electron chi connectivity index (χ2n) is 5.91. The van der Waals surface area contributed by atoms with Crippen LogP contribution in [0.3, 0.4) is 0 Å². The van der Waals surface area contributed by atoms with Crippen LogP contribution in [-0.2, 0) is 6.54 Å². The highest BCUT2D eigenvalue weighted by Gasteiger charge is 2.20. The average molecular weight is 315 g/mol. The molecule has 0 aromatic heterocycles. The van der Waals surface area contributed by atoms with E-state index in [4.69, 9.17) is 10.4 Å². The molecule has 1 aliphatic rings. The molecule has 1 aromatic carbocycles. The molecule has 0 atom stereocenters. The fourth-order valence-corrected chi connectivity index (χ4v) is 2.74. The van der Waals surface area contributed by atoms with Gasteiger partial charge >= 0.3 is 12.0 Å². The maximum absolute atomic E-state index is 11.8. The van der Waals surface area contributed by atoms with E-state index < -0.39 is 5.97 Å². The van der Waals surface area contributed by atoms with Gasteiger partial charge in [-0.15, -0.1) is 0 Å². The summed E-state index contributed by atoms with van der Waals surface area (Å²) in [5.74, 6) is -0.345. The van der Waals surface area contributed by atoms with Gasteiger partial charge in [-0.25, -0.2) is 9.59 Å². The number of aromatic carboxylic acids is 1. The summed E-state index contributed by atoms with van der Waals surface area (Å²) in [6.07, 6.45) is 3.80. The molecule has 1 saturated carbocycles. The van der Waals surface area contributed by atoms with E-state index in [1.54, 1.807) is 12.1 Å². The molecule has 0 unspecified atom stereocenters. The molecule has 6 heteroatoms. The summed E-state index contributed by atoms with van der Waals surface area (Å²) in [5.41, 5.74) is 1.07. The minimum absolute atomic E-state index is 0.175. The third-order valence-corrected chi connectivity index (χ3v) is 4.23. The van der Waals surface area contributed by atoms with E-state index in [-0.39, 0.29) is 17.5 Å². The first kappa shape index (κ1) is 16.8. The van der Waals surface area contributed by atoms with Crippen LogP contribution in [0, 0.1) is 23.2 Å². The Hall–Kier alpha value is -2.55. The van der Waals surface area contributed by atoms with Crippen LogP contribution in [0.15, 0.2) is 24.3 Å². The summed E-state index contributed by atoms with van der Waals surface area (Å²) in [7, 11) is 0. The zero-order chi connectivity index (χ0) is 16.7. The van der Waals surface area contributed by atoms with E-state index in [2.05, 4.69) is 16.7 Å². The lowest BCUT2D eigenvalue weighted by Crippen LogP contribution is -2.38. The second-order valence-corrected chi connectivity index (χ2v) is 5.91. The Morgan fingerprint density at radius 1 is 1.13 bits per heavy atom. The van der Waals surface area contributed by atoms with Crippen molar-refractivity contribution in [1.82, 2.24) is 10.6 Å². The van der Waals surface area contributed by atoms with Crippen LogP contribution >= 0.6 is 0 Å². The first-order chi connectivity index (χ1) is 11.1. The molecule has 3 N–H and O–H groups in total. The number of benzene rings is 1. The fraction of sp³-hybridized carbons (Fsp3) is 0.471. The van der Waals surface area contributed by atoms with Crippen LogP contribution < -0.4 is 10.6 Å². The lowest BCUT2D eigenvalue weighted by molar-refractivity contribution is 0.0697. The molecule has 0 spiro atoms. The van der Waals surface area contributed by atoms with Crippen molar-refractivity contribution in [3.63, 3.8) is 0 Å². The largest absolute Gasteiger partial charge is 0.478 e. The van der Waals surface area contributed by atoms with Crippen LogP contribution in [0.5, 0.6) is 0 Å². The number of nitrogens with one attached hydrogen (secondary N) is 2. The molecule has 23 heavy (non-hydrogen) atoms. The predicted molar refractivity (Wildman–Crippen MR) is 84.7 cm³/mol. The maximum atomic E-state index is 11.8. The van der Waals surface area contributed by atoms with Crippen LogP contribution in [0.4, 0.5) is 4.79 Å². The van der Waals surface area contributed by atoms with Gasteiger partial charge in [0.1, 0.15) is 0 Å². The van der Waals surface area contributed by atoms with E-state index in [0.717, 1.165) is 31.2 Å². The number of nitrogens with zero attached hydrogens (tertiary/aromatic N) is 1. The Morgan fingerprint density at radius 2 is 1.78 bits per heavy atom. The van der Waals surface area contributed by atoms with E-state index in [1.165, 1.54) is 12.1 Å². The van der Waals surface area contributed by atoms with Gasteiger partial charge in [-0.1, -0.05) is 12.1 Å². The van der Waals surface area contributed by atoms with Gasteiger partial charge in [0.05, 0.1) is 11.6 Å². The van der Waals surface area contributed by atoms with Crippen molar-refractivity contribution < 1.29 is 14.7 Å². The van der Waals surface area contributed by atoms with Gasteiger partial charge in [0.25, 0.3) is 0 Å². The topological polar surface area (TPSA) is 102 Å². The van der Waals surface area contributed by atoms with Crippen LogP contribution in [0.1, 0.15) is 41.6 Å². The molecular formula is C17H21N3O3. The Morgan fingerprint density at radius 3 is 2.35 bits per heavy atom. The fourth-order valence-electron chi connectivity index (χ4n) is 2.74. The first-order valence-electron chi connectivity index (χ1n) is 7.82. The third-order valence-electron chi connectivity index (χ3n) is 4.23. The van der Waals surface area contributed by atoms with E-state index in [9.17, 15) is 9.59 Å². The minimum Gasteiger partial charge on any atom is -0.478 e. The van der Waals surface area contributed by atoms with E-state index >= 15 is 0 Å². The lowest BCUT2D eigenvalue weighted by Gasteiger charge is -2.24. The second kappa shape index (κ2) is 8.18. The molecule has 122 valence electrons. The number of hydrogen-bond acceptors (Lipinski definition) is 3. The summed E-state index contributed by atoms with van der Waals surface area (Å²) in [5, 5.41) is 23.3. The van der Waals surface area contributed by atoms with Crippen molar-refractivity contribution in [3.05, 3.63) is 35.4 Å². The molecule has 0 saturated heterocycles. The first-order valence-corrected chi connectivity index (χ1v) is 7.82. The predicted octanol–water partition coefficient (Wildman–Crippen LogP) is 2.51. The Kier molecular flexibility index (Phi) is 5.98. The van der Waals surface area contributed by atoms with Gasteiger partial charge in [0.15, 0.2) is 0 Å². The van der Waals surface area contributed by atoms with E-state index in [0.29, 0.717) is 19.0 Å². The molecule has 1 aliphatic carbocycles. The molecule has 1 fully saturated rings. The molecular weight excluding hydrogens is 294 g/mol. The van der Waals surface area contributed by atoms with Crippen LogP contribution in [0.2, 0.25) is 0 Å². The smallest absolute Gasteiger partial charge is 0.335 e. The normalized spacial score (nSPS) is 20.3. The zero-order valence-electron chi connectivity index (χ0n) is 12.9. The number of nitriles is 1. The molecule has 0 aliphatic heterocycles. The Labute approximate surface area is 135 Å². The number of rotatable bonds is 5. The van der Waals surface area contributed by atoms with Gasteiger partial charge in [0.2, 0.25) is 0 Å². The SMILES string of the molecule is N#CC1CCC(CNC(=O)NCc2ccc(C(=O)O)cc2)CC1. The average Bonchev–Trinajstić information content (AvgIpc) is 2.59. The number of carboxylic acids is 1. The molecule has 2 amide bonds. The number of carbonyl (C=O) groups excluding carboxylic acids is 1. The van der Waals surface area contributed by atoms with Crippen molar-refractivity contribution in [2.75, 3.05) is 6.54 Å². The lowest BCUT2D eigenvalue weighted by atomic mass is 9.83. The molecule has 1 aromatic rings. The number of carbonyl (C=O) groups is 2. The summed E-state index contributed by atoms with van der Waals surface area (Å²) in [4.78, 5) is 22.5. The van der Waals surface area contributed by atoms with Crippen LogP contribution in [-0.4, -0.2) is 23.7 Å². The summed E-state index contributed by atoms with van der Waals surface area (Å²) in [6, 6.07) is 8.49. The number of hydrogen-bond donors (Lipinski definition) is 3. The number of carboxylic acid groups (broad SMARTS) is 1. The third kappa shape index (κ3) is 5.29. The highest BCUT2D eigenvalue weighted by molar-refractivity contribution is 5.87. The number of urea groups is 1. The monoisotopic (exact) mass is 315 g/mol. The molecule has 2 rings (SSSR count). The van der Waals surface area contributed by atoms with Gasteiger partial charge in [0, 0.05) is 19.0 Å². The Bertz CT molecular complexity index is 584. The van der Waals surface area contributed by atoms with Gasteiger partial charge in [-0.05, 0) is 49.3 Å². The van der Waals surface area contributed by atoms with Gasteiger partial charge < -0.3 is 15.7 Å². The summed E-state index contributed by atoms with van der Waals surface area (Å²) >= 11 is 0. The quantitative estimate of drug-likeness (QED) is 0.777. The summed E-state index contributed by atoms with van der Waals surface area (Å²) < 4.78 is 0. The highest BCUT2D eigenvalue weighted by atomic mass is 16.4. The van der Waals surface area contributed by atoms with Crippen LogP contribution in [0.25, 0.3) is 0 Å². The van der Waals surface area contributed by atoms with Crippen molar-refractivity contribution in [1.29, 1.82) is 5.26 Å². The van der Waals surface area contributed by atoms with E-state index in [1.807, 2.05) is 0 Å². The highest BCUT2D eigenvalue weighted by Crippen LogP contribution is 2.27. The minimum atomic E-state index is -0.964. The zero-order valence-corrected chi connectivity index (χ0v) is 12.9. The molecule has 0 radical (unpaired) electrons. The molecule has 0 heterocycles. The van der Waals surface area contributed by atoms with Gasteiger partial charge in [-0.3, -0.25) is 0 Å². The Balaban J connectivity index is 1.67. The van der Waals surface area contributed by atoms with Crippen molar-refractivity contribution in [2.45, 2.75) is 32.2 Å². The summed E-state index contributed by atoms with van der Waals surface area (Å²) in [6.45, 7) is 0.981. The van der Waals surface area contributed by atoms with Crippen molar-refractivity contribution >= 4 is 12.0 Å². The van der Waals surface area contributed by atoms with Gasteiger partial charge in [-0.2, -0.15) is 5.26 Å². The standard InChI is InChI=1S/C17H21N3O3/c18-9-12-1-3-13(4-2-12)10-19-17(23)20-11-14-5-7-15(8-6-14)16(21)22/h5-8,12-13H,1-4,10-11H2,(H,21,22)(H2,19,20,23). The maximum Gasteiger partial charge on any atom is 0.335 e. The molecule has 6 nitrogen and oxygen atoms in total.